The van der Waals surface area contributed by atoms with Gasteiger partial charge in [-0.1, -0.05) is 29.8 Å². The average Bonchev–Trinajstić information content (AvgIpc) is 2.57. The van der Waals surface area contributed by atoms with Gasteiger partial charge in [0.15, 0.2) is 0 Å². The molecular weight excluding hydrogens is 427 g/mol. The van der Waals surface area contributed by atoms with Gasteiger partial charge >= 0.3 is 5.97 Å². The molecule has 4 nitrogen and oxygen atoms in total. The molecule has 0 amide bonds. The zero-order chi connectivity index (χ0) is 22.1. The zero-order valence-corrected chi connectivity index (χ0v) is 18.0. The van der Waals surface area contributed by atoms with Crippen LogP contribution in [0.4, 0.5) is 13.2 Å². The molecule has 1 aromatic rings. The van der Waals surface area contributed by atoms with Crippen molar-refractivity contribution in [1.82, 2.24) is 4.72 Å². The number of carboxylic acid groups (broad SMARTS) is 1. The van der Waals surface area contributed by atoms with Gasteiger partial charge in [-0.05, 0) is 45.4 Å². The second-order valence-corrected chi connectivity index (χ2v) is 10.4. The first kappa shape index (κ1) is 23.8. The molecule has 0 aliphatic heterocycles. The molecule has 0 heterocycles. The van der Waals surface area contributed by atoms with Crippen molar-refractivity contribution < 1.29 is 27.6 Å². The minimum absolute atomic E-state index is 0.0130. The van der Waals surface area contributed by atoms with Crippen LogP contribution < -0.4 is 4.72 Å². The van der Waals surface area contributed by atoms with Crippen LogP contribution in [0, 0.1) is 11.7 Å². The summed E-state index contributed by atoms with van der Waals surface area (Å²) < 4.78 is 59.5. The summed E-state index contributed by atoms with van der Waals surface area (Å²) in [6.07, 6.45) is 0.367. The van der Waals surface area contributed by atoms with Gasteiger partial charge in [-0.25, -0.2) is 13.2 Å². The van der Waals surface area contributed by atoms with Crippen molar-refractivity contribution in [1.29, 1.82) is 0 Å². The normalized spacial score (nSPS) is 24.9. The number of carbonyl (C=O) groups is 1. The molecule has 0 fully saturated rings. The van der Waals surface area contributed by atoms with E-state index in [1.54, 1.807) is 20.8 Å². The lowest BCUT2D eigenvalue weighted by Crippen LogP contribution is -2.53. The fourth-order valence-corrected chi connectivity index (χ4v) is 4.30. The van der Waals surface area contributed by atoms with Crippen molar-refractivity contribution in [2.24, 2.45) is 5.92 Å². The van der Waals surface area contributed by atoms with E-state index in [0.717, 1.165) is 12.1 Å². The second-order valence-electron chi connectivity index (χ2n) is 7.87. The fraction of sp³-hybridized carbons (Fsp3) is 0.450. The summed E-state index contributed by atoms with van der Waals surface area (Å²) in [5.74, 6) is -4.91. The number of alkyl halides is 2. The Bertz CT molecular complexity index is 852. The molecule has 3 unspecified atom stereocenters. The van der Waals surface area contributed by atoms with Crippen molar-refractivity contribution in [3.8, 4) is 0 Å². The molecule has 1 aromatic carbocycles. The molecule has 0 bridgehead atoms. The highest BCUT2D eigenvalue weighted by atomic mass is 35.5. The highest BCUT2D eigenvalue weighted by Gasteiger charge is 2.53. The van der Waals surface area contributed by atoms with Crippen LogP contribution in [0.15, 0.2) is 41.7 Å². The second kappa shape index (κ2) is 8.71. The highest BCUT2D eigenvalue weighted by molar-refractivity contribution is 7.90. The first-order valence-corrected chi connectivity index (χ1v) is 10.4. The lowest BCUT2D eigenvalue weighted by atomic mass is 9.79. The molecule has 4 atom stereocenters. The van der Waals surface area contributed by atoms with Crippen LogP contribution in [0.3, 0.4) is 0 Å². The average molecular weight is 450 g/mol. The zero-order valence-electron chi connectivity index (χ0n) is 16.4. The third kappa shape index (κ3) is 5.17. The SMILES string of the molecule is CC1=C(F)C(C(CC(=O)O)N[S@+]([O-])C(C)(C)C)C(F)(Cl)C(c2ccccc2F)=C1. The molecule has 29 heavy (non-hydrogen) atoms. The van der Waals surface area contributed by atoms with E-state index >= 15 is 8.78 Å². The first-order valence-electron chi connectivity index (χ1n) is 8.87. The van der Waals surface area contributed by atoms with E-state index in [4.69, 9.17) is 11.6 Å². The Morgan fingerprint density at radius 2 is 1.97 bits per heavy atom. The summed E-state index contributed by atoms with van der Waals surface area (Å²) in [6.45, 7) is 6.23. The third-order valence-electron chi connectivity index (χ3n) is 4.54. The van der Waals surface area contributed by atoms with Gasteiger partial charge in [0.2, 0.25) is 5.13 Å². The molecule has 0 saturated carbocycles. The summed E-state index contributed by atoms with van der Waals surface area (Å²) in [6, 6.07) is 3.87. The van der Waals surface area contributed by atoms with Gasteiger partial charge in [-0.2, -0.15) is 0 Å². The summed E-state index contributed by atoms with van der Waals surface area (Å²) in [4.78, 5) is 11.4. The van der Waals surface area contributed by atoms with Gasteiger partial charge < -0.3 is 9.66 Å². The number of carboxylic acids is 1. The van der Waals surface area contributed by atoms with Crippen LogP contribution in [0.1, 0.15) is 39.7 Å². The van der Waals surface area contributed by atoms with Crippen LogP contribution in [0.2, 0.25) is 0 Å². The molecule has 2 rings (SSSR count). The Balaban J connectivity index is 2.57. The largest absolute Gasteiger partial charge is 0.598 e. The predicted molar refractivity (Wildman–Crippen MR) is 108 cm³/mol. The van der Waals surface area contributed by atoms with Gasteiger partial charge in [-0.3, -0.25) is 4.79 Å². The minimum atomic E-state index is -2.97. The topological polar surface area (TPSA) is 72.4 Å². The summed E-state index contributed by atoms with van der Waals surface area (Å²) in [5, 5.41) is 6.29. The summed E-state index contributed by atoms with van der Waals surface area (Å²) >= 11 is 4.31. The number of allylic oxidation sites excluding steroid dienone is 3. The molecule has 9 heteroatoms. The molecule has 1 aliphatic carbocycles. The Morgan fingerprint density at radius 1 is 1.38 bits per heavy atom. The molecule has 2 N–H and O–H groups in total. The van der Waals surface area contributed by atoms with Crippen LogP contribution in [0.5, 0.6) is 0 Å². The van der Waals surface area contributed by atoms with E-state index in [1.165, 1.54) is 25.1 Å². The maximum atomic E-state index is 15.9. The van der Waals surface area contributed by atoms with Crippen LogP contribution in [-0.2, 0) is 16.2 Å². The summed E-state index contributed by atoms with van der Waals surface area (Å²) in [5.41, 5.74) is -0.492. The fourth-order valence-electron chi connectivity index (χ4n) is 3.05. The number of hydrogen-bond acceptors (Lipinski definition) is 3. The standard InChI is InChI=1S/C20H23ClF3NO3S/c1-11-9-13(12-7-5-6-8-14(12)22)20(21,24)17(18(11)23)15(10-16(26)27)25-29(28)19(2,3)4/h5-9,15,17,25H,10H2,1-4H3,(H,26,27)/t15?,17?,20?,29-/m1/s1. The van der Waals surface area contributed by atoms with E-state index < -0.39 is 57.2 Å². The van der Waals surface area contributed by atoms with Crippen LogP contribution >= 0.6 is 11.6 Å². The number of benzene rings is 1. The van der Waals surface area contributed by atoms with E-state index in [9.17, 15) is 18.8 Å². The van der Waals surface area contributed by atoms with Crippen LogP contribution in [0.25, 0.3) is 5.57 Å². The minimum Gasteiger partial charge on any atom is -0.598 e. The predicted octanol–water partition coefficient (Wildman–Crippen LogP) is 4.88. The smallest absolute Gasteiger partial charge is 0.305 e. The number of hydrogen-bond donors (Lipinski definition) is 2. The van der Waals surface area contributed by atoms with Gasteiger partial charge in [-0.15, -0.1) is 4.72 Å². The lowest BCUT2D eigenvalue weighted by molar-refractivity contribution is -0.137. The van der Waals surface area contributed by atoms with E-state index in [-0.39, 0.29) is 16.7 Å². The molecule has 0 saturated heterocycles. The van der Waals surface area contributed by atoms with Crippen molar-refractivity contribution in [3.63, 3.8) is 0 Å². The van der Waals surface area contributed by atoms with Crippen molar-refractivity contribution in [3.05, 3.63) is 53.1 Å². The van der Waals surface area contributed by atoms with E-state index in [2.05, 4.69) is 4.72 Å². The van der Waals surface area contributed by atoms with Crippen LogP contribution in [-0.4, -0.2) is 31.5 Å². The van der Waals surface area contributed by atoms with Crippen molar-refractivity contribution in [2.45, 2.75) is 50.0 Å². The third-order valence-corrected chi connectivity index (χ3v) is 6.60. The number of halogens is 4. The Morgan fingerprint density at radius 3 is 2.48 bits per heavy atom. The van der Waals surface area contributed by atoms with E-state index in [0.29, 0.717) is 0 Å². The molecule has 0 spiro atoms. The Hall–Kier alpha value is -1.48. The van der Waals surface area contributed by atoms with Gasteiger partial charge in [0.05, 0.1) is 18.4 Å². The lowest BCUT2D eigenvalue weighted by Gasteiger charge is -2.39. The first-order chi connectivity index (χ1) is 13.3. The van der Waals surface area contributed by atoms with Gasteiger partial charge in [0.25, 0.3) is 0 Å². The molecule has 0 radical (unpaired) electrons. The highest BCUT2D eigenvalue weighted by Crippen LogP contribution is 2.51. The molecule has 0 aromatic heterocycles. The van der Waals surface area contributed by atoms with Crippen molar-refractivity contribution >= 4 is 34.5 Å². The van der Waals surface area contributed by atoms with Gasteiger partial charge in [0.1, 0.15) is 16.4 Å². The number of nitrogens with one attached hydrogen (secondary N) is 1. The number of aliphatic carboxylic acids is 1. The molecule has 160 valence electrons. The Labute approximate surface area is 176 Å². The molecular formula is C20H23ClF3NO3S. The van der Waals surface area contributed by atoms with E-state index in [1.807, 2.05) is 0 Å². The maximum Gasteiger partial charge on any atom is 0.305 e. The Kier molecular flexibility index (Phi) is 7.15. The number of rotatable bonds is 6. The summed E-state index contributed by atoms with van der Waals surface area (Å²) in [7, 11) is 0. The van der Waals surface area contributed by atoms with Crippen molar-refractivity contribution in [2.75, 3.05) is 0 Å². The monoisotopic (exact) mass is 449 g/mol. The maximum absolute atomic E-state index is 15.9. The quantitative estimate of drug-likeness (QED) is 0.479. The molecule has 1 aliphatic rings. The van der Waals surface area contributed by atoms with Gasteiger partial charge in [0, 0.05) is 22.5 Å².